The highest BCUT2D eigenvalue weighted by molar-refractivity contribution is 14.1. The van der Waals surface area contributed by atoms with Crippen LogP contribution in [-0.4, -0.2) is 21.3 Å². The second-order valence-corrected chi connectivity index (χ2v) is 11.2. The van der Waals surface area contributed by atoms with Crippen molar-refractivity contribution in [1.29, 1.82) is 0 Å². The Morgan fingerprint density at radius 2 is 2.13 bits per heavy atom. The lowest BCUT2D eigenvalue weighted by Gasteiger charge is -2.17. The molecule has 4 rings (SSSR count). The minimum atomic E-state index is -0.563. The predicted molar refractivity (Wildman–Crippen MR) is 162 cm³/mol. The quantitative estimate of drug-likeness (QED) is 0.174. The number of rotatable bonds is 13. The number of allylic oxidation sites excluding steroid dienone is 4. The molecule has 1 atom stereocenters. The molecule has 2 aliphatic carbocycles. The van der Waals surface area contributed by atoms with Crippen molar-refractivity contribution < 1.29 is 18.7 Å². The standard InChI is InChI=1S/C31H33ClFIN2O3/c1-2-23-16-27(32)26(17-28(23)33)31(38)36-25-6-4-3-5-24(15-25)29(37)11-9-21(13-20-7-8-20)14-22-10-12-30(35-18-22)39-19-34/h2,5,10,12,15-18,20-21H,1,3-4,6-9,11,13-14,19H2,(H,36,38). The number of ketones is 1. The molecular formula is C31H33ClFIN2O3. The van der Waals surface area contributed by atoms with Gasteiger partial charge in [0.05, 0.1) is 10.6 Å². The van der Waals surface area contributed by atoms with E-state index >= 15 is 0 Å². The van der Waals surface area contributed by atoms with E-state index in [2.05, 4.69) is 45.5 Å². The molecule has 1 unspecified atom stereocenters. The van der Waals surface area contributed by atoms with Crippen LogP contribution >= 0.6 is 34.2 Å². The van der Waals surface area contributed by atoms with Gasteiger partial charge in [-0.2, -0.15) is 0 Å². The number of halogens is 3. The molecule has 1 aromatic heterocycles. The van der Waals surface area contributed by atoms with Gasteiger partial charge in [0.25, 0.3) is 5.91 Å². The number of hydrogen-bond donors (Lipinski definition) is 1. The van der Waals surface area contributed by atoms with Crippen LogP contribution in [0.15, 0.2) is 60.5 Å². The lowest BCUT2D eigenvalue weighted by Crippen LogP contribution is -2.23. The van der Waals surface area contributed by atoms with Gasteiger partial charge >= 0.3 is 0 Å². The molecule has 39 heavy (non-hydrogen) atoms. The largest absolute Gasteiger partial charge is 0.467 e. The van der Waals surface area contributed by atoms with Gasteiger partial charge < -0.3 is 10.1 Å². The maximum atomic E-state index is 14.2. The molecule has 5 nitrogen and oxygen atoms in total. The molecule has 0 bridgehead atoms. The van der Waals surface area contributed by atoms with Crippen LogP contribution in [0.5, 0.6) is 5.88 Å². The van der Waals surface area contributed by atoms with Gasteiger partial charge in [0, 0.05) is 35.5 Å². The van der Waals surface area contributed by atoms with Gasteiger partial charge in [-0.05, 0) is 96.7 Å². The van der Waals surface area contributed by atoms with Crippen molar-refractivity contribution in [1.82, 2.24) is 10.3 Å². The Balaban J connectivity index is 1.38. The van der Waals surface area contributed by atoms with Crippen LogP contribution in [0.3, 0.4) is 0 Å². The molecule has 206 valence electrons. The number of benzene rings is 1. The molecule has 0 saturated heterocycles. The van der Waals surface area contributed by atoms with Crippen LogP contribution in [0.4, 0.5) is 4.39 Å². The Kier molecular flexibility index (Phi) is 10.7. The fourth-order valence-electron chi connectivity index (χ4n) is 4.88. The van der Waals surface area contributed by atoms with Crippen LogP contribution in [-0.2, 0) is 11.2 Å². The average molecular weight is 663 g/mol. The lowest BCUT2D eigenvalue weighted by atomic mass is 9.89. The smallest absolute Gasteiger partial charge is 0.257 e. The van der Waals surface area contributed by atoms with E-state index in [1.807, 2.05) is 18.3 Å². The SMILES string of the molecule is C=Cc1cc(Cl)c(C(=O)NC2=CC(C(=O)CCC(Cc3ccc(OCI)nc3)CC3CC3)=CCCC2)cc1F. The van der Waals surface area contributed by atoms with Crippen molar-refractivity contribution in [3.05, 3.63) is 88.0 Å². The number of ether oxygens (including phenoxy) is 1. The molecule has 8 heteroatoms. The first-order valence-electron chi connectivity index (χ1n) is 13.4. The summed E-state index contributed by atoms with van der Waals surface area (Å²) < 4.78 is 20.2. The maximum Gasteiger partial charge on any atom is 0.257 e. The molecule has 1 aromatic carbocycles. The Morgan fingerprint density at radius 1 is 1.31 bits per heavy atom. The van der Waals surface area contributed by atoms with E-state index < -0.39 is 11.7 Å². The number of Topliss-reactive ketones (excluding diaryl/α,β-unsaturated/α-hetero) is 1. The molecule has 1 fully saturated rings. The van der Waals surface area contributed by atoms with E-state index in [4.69, 9.17) is 16.3 Å². The number of nitrogens with zero attached hydrogens (tertiary/aromatic N) is 1. The van der Waals surface area contributed by atoms with Gasteiger partial charge in [-0.25, -0.2) is 9.37 Å². The first-order valence-corrected chi connectivity index (χ1v) is 15.3. The highest BCUT2D eigenvalue weighted by Crippen LogP contribution is 2.38. The second kappa shape index (κ2) is 14.2. The third-order valence-electron chi connectivity index (χ3n) is 7.16. The van der Waals surface area contributed by atoms with Gasteiger partial charge in [0.2, 0.25) is 5.88 Å². The van der Waals surface area contributed by atoms with Gasteiger partial charge in [0.15, 0.2) is 5.78 Å². The van der Waals surface area contributed by atoms with E-state index in [9.17, 15) is 14.0 Å². The van der Waals surface area contributed by atoms with Gasteiger partial charge in [-0.15, -0.1) is 0 Å². The second-order valence-electron chi connectivity index (χ2n) is 10.2. The Labute approximate surface area is 248 Å². The Morgan fingerprint density at radius 3 is 2.82 bits per heavy atom. The number of carbonyl (C=O) groups is 2. The third-order valence-corrected chi connectivity index (χ3v) is 7.78. The zero-order valence-corrected chi connectivity index (χ0v) is 24.8. The molecule has 2 aromatic rings. The summed E-state index contributed by atoms with van der Waals surface area (Å²) in [4.78, 5) is 30.5. The number of alkyl halides is 1. The van der Waals surface area contributed by atoms with Crippen LogP contribution in [0, 0.1) is 17.7 Å². The molecule has 0 radical (unpaired) electrons. The van der Waals surface area contributed by atoms with Crippen molar-refractivity contribution in [3.63, 3.8) is 0 Å². The first-order chi connectivity index (χ1) is 18.9. The van der Waals surface area contributed by atoms with Crippen LogP contribution in [0.2, 0.25) is 5.02 Å². The number of pyridine rings is 1. The van der Waals surface area contributed by atoms with E-state index in [1.165, 1.54) is 25.0 Å². The summed E-state index contributed by atoms with van der Waals surface area (Å²) in [5, 5.41) is 2.99. The Hall–Kier alpha value is -2.52. The summed E-state index contributed by atoms with van der Waals surface area (Å²) >= 11 is 8.37. The summed E-state index contributed by atoms with van der Waals surface area (Å²) in [6.45, 7) is 3.56. The topological polar surface area (TPSA) is 68.3 Å². The number of aromatic nitrogens is 1. The monoisotopic (exact) mass is 662 g/mol. The summed E-state index contributed by atoms with van der Waals surface area (Å²) in [7, 11) is 0. The van der Waals surface area contributed by atoms with E-state index in [0.717, 1.165) is 49.7 Å². The summed E-state index contributed by atoms with van der Waals surface area (Å²) in [6.07, 6.45) is 14.9. The van der Waals surface area contributed by atoms with E-state index in [1.54, 1.807) is 6.08 Å². The third kappa shape index (κ3) is 8.73. The zero-order chi connectivity index (χ0) is 27.8. The van der Waals surface area contributed by atoms with Crippen molar-refractivity contribution >= 4 is 52.0 Å². The zero-order valence-electron chi connectivity index (χ0n) is 21.9. The molecule has 1 amide bonds. The first kappa shape index (κ1) is 29.5. The minimum absolute atomic E-state index is 0.0491. The summed E-state index contributed by atoms with van der Waals surface area (Å²) in [5.41, 5.74) is 2.70. The minimum Gasteiger partial charge on any atom is -0.467 e. The van der Waals surface area contributed by atoms with Crippen LogP contribution in [0.25, 0.3) is 6.08 Å². The van der Waals surface area contributed by atoms with Gasteiger partial charge in [-0.3, -0.25) is 9.59 Å². The molecule has 0 spiro atoms. The van der Waals surface area contributed by atoms with E-state index in [-0.39, 0.29) is 21.9 Å². The van der Waals surface area contributed by atoms with Crippen molar-refractivity contribution in [2.24, 2.45) is 11.8 Å². The summed E-state index contributed by atoms with van der Waals surface area (Å²) in [5.74, 6) is 0.806. The number of amides is 1. The molecular weight excluding hydrogens is 630 g/mol. The number of nitrogens with one attached hydrogen (secondary N) is 1. The molecule has 1 heterocycles. The fraction of sp³-hybridized carbons (Fsp3) is 0.387. The number of hydrogen-bond acceptors (Lipinski definition) is 4. The molecule has 0 aliphatic heterocycles. The molecule has 2 aliphatic rings. The summed E-state index contributed by atoms with van der Waals surface area (Å²) in [6, 6.07) is 6.47. The predicted octanol–water partition coefficient (Wildman–Crippen LogP) is 8.02. The van der Waals surface area contributed by atoms with Crippen molar-refractivity contribution in [2.75, 3.05) is 4.61 Å². The van der Waals surface area contributed by atoms with E-state index in [0.29, 0.717) is 40.5 Å². The lowest BCUT2D eigenvalue weighted by molar-refractivity contribution is -0.115. The van der Waals surface area contributed by atoms with Crippen LogP contribution < -0.4 is 10.1 Å². The number of carbonyl (C=O) groups excluding carboxylic acids is 2. The maximum absolute atomic E-state index is 14.2. The van der Waals surface area contributed by atoms with Gasteiger partial charge in [-0.1, -0.05) is 49.2 Å². The fourth-order valence-corrected chi connectivity index (χ4v) is 5.46. The average Bonchev–Trinajstić information content (AvgIpc) is 3.77. The van der Waals surface area contributed by atoms with Crippen molar-refractivity contribution in [2.45, 2.75) is 57.8 Å². The van der Waals surface area contributed by atoms with Crippen LogP contribution in [0.1, 0.15) is 72.9 Å². The van der Waals surface area contributed by atoms with Crippen molar-refractivity contribution in [3.8, 4) is 5.88 Å². The molecule has 1 saturated carbocycles. The van der Waals surface area contributed by atoms with Gasteiger partial charge in [0.1, 0.15) is 10.4 Å². The highest BCUT2D eigenvalue weighted by atomic mass is 127. The molecule has 1 N–H and O–H groups in total. The Bertz CT molecular complexity index is 1270. The normalized spacial score (nSPS) is 16.0. The highest BCUT2D eigenvalue weighted by Gasteiger charge is 2.26.